The minimum Gasteiger partial charge on any atom is -0.493 e. The van der Waals surface area contributed by atoms with Gasteiger partial charge in [-0.15, -0.1) is 0 Å². The summed E-state index contributed by atoms with van der Waals surface area (Å²) in [5.74, 6) is 1.23. The van der Waals surface area contributed by atoms with E-state index in [2.05, 4.69) is 10.4 Å². The third kappa shape index (κ3) is 6.14. The number of benzene rings is 1. The molecule has 1 saturated carbocycles. The van der Waals surface area contributed by atoms with Crippen molar-refractivity contribution >= 4 is 23.6 Å². The van der Waals surface area contributed by atoms with Crippen molar-refractivity contribution < 1.29 is 9.53 Å². The molecule has 7 heteroatoms. The van der Waals surface area contributed by atoms with Crippen LogP contribution in [0.5, 0.6) is 5.75 Å². The van der Waals surface area contributed by atoms with Crippen molar-refractivity contribution in [2.24, 2.45) is 5.92 Å². The van der Waals surface area contributed by atoms with Crippen molar-refractivity contribution in [1.82, 2.24) is 15.1 Å². The third-order valence-electron chi connectivity index (χ3n) is 4.40. The van der Waals surface area contributed by atoms with E-state index < -0.39 is 0 Å². The lowest BCUT2D eigenvalue weighted by Crippen LogP contribution is -2.30. The molecule has 0 saturated heterocycles. The second-order valence-corrected chi connectivity index (χ2v) is 7.44. The van der Waals surface area contributed by atoms with Crippen LogP contribution >= 0.6 is 11.6 Å². The van der Waals surface area contributed by atoms with Gasteiger partial charge in [-0.1, -0.05) is 29.8 Å². The first-order valence-electron chi connectivity index (χ1n) is 9.31. The maximum absolute atomic E-state index is 11.4. The fourth-order valence-corrected chi connectivity index (χ4v) is 2.88. The fourth-order valence-electron chi connectivity index (χ4n) is 2.65. The first-order chi connectivity index (χ1) is 13.5. The number of nitrogens with one attached hydrogen (secondary N) is 1. The summed E-state index contributed by atoms with van der Waals surface area (Å²) in [6, 6.07) is 7.43. The van der Waals surface area contributed by atoms with Crippen molar-refractivity contribution in [3.05, 3.63) is 52.8 Å². The number of ether oxygens (including phenoxy) is 1. The van der Waals surface area contributed by atoms with Crippen LogP contribution in [0.2, 0.25) is 5.02 Å². The summed E-state index contributed by atoms with van der Waals surface area (Å²) in [6.45, 7) is 3.17. The van der Waals surface area contributed by atoms with Gasteiger partial charge in [-0.05, 0) is 43.4 Å². The Morgan fingerprint density at radius 2 is 2.36 bits per heavy atom. The Morgan fingerprint density at radius 1 is 1.54 bits per heavy atom. The molecule has 1 amide bonds. The number of carbonyl (C=O) groups is 1. The van der Waals surface area contributed by atoms with Crippen molar-refractivity contribution in [3.63, 3.8) is 0 Å². The van der Waals surface area contributed by atoms with Gasteiger partial charge in [-0.2, -0.15) is 10.4 Å². The van der Waals surface area contributed by atoms with E-state index in [0.717, 1.165) is 23.5 Å². The summed E-state index contributed by atoms with van der Waals surface area (Å²) in [5.41, 5.74) is 1.89. The summed E-state index contributed by atoms with van der Waals surface area (Å²) >= 11 is 6.40. The summed E-state index contributed by atoms with van der Waals surface area (Å²) in [6.07, 6.45) is 9.78. The molecular weight excluding hydrogens is 376 g/mol. The molecule has 1 N–H and O–H groups in total. The number of hydrogen-bond acceptors (Lipinski definition) is 4. The maximum Gasteiger partial charge on any atom is 0.234 e. The van der Waals surface area contributed by atoms with Crippen LogP contribution < -0.4 is 10.1 Å². The highest BCUT2D eigenvalue weighted by Crippen LogP contribution is 2.30. The van der Waals surface area contributed by atoms with E-state index in [0.29, 0.717) is 17.5 Å². The van der Waals surface area contributed by atoms with Gasteiger partial charge in [-0.25, -0.2) is 0 Å². The minimum absolute atomic E-state index is 0.138. The quantitative estimate of drug-likeness (QED) is 0.696. The van der Waals surface area contributed by atoms with Gasteiger partial charge in [0.15, 0.2) is 0 Å². The zero-order valence-electron chi connectivity index (χ0n) is 15.8. The van der Waals surface area contributed by atoms with Crippen molar-refractivity contribution in [2.75, 3.05) is 6.61 Å². The molecule has 1 aliphatic carbocycles. The fraction of sp³-hybridized carbons (Fsp3) is 0.381. The van der Waals surface area contributed by atoms with Crippen LogP contribution in [0, 0.1) is 17.2 Å². The molecule has 1 fully saturated rings. The lowest BCUT2D eigenvalue weighted by atomic mass is 10.2. The van der Waals surface area contributed by atoms with Crippen LogP contribution in [-0.2, 0) is 11.3 Å². The second kappa shape index (κ2) is 9.43. The molecule has 1 heterocycles. The van der Waals surface area contributed by atoms with Crippen molar-refractivity contribution in [2.45, 2.75) is 38.8 Å². The van der Waals surface area contributed by atoms with Crippen LogP contribution in [0.25, 0.3) is 6.08 Å². The number of hydrogen-bond donors (Lipinski definition) is 1. The first-order valence-corrected chi connectivity index (χ1v) is 9.69. The van der Waals surface area contributed by atoms with E-state index >= 15 is 0 Å². The van der Waals surface area contributed by atoms with Gasteiger partial charge in [0.1, 0.15) is 12.2 Å². The molecule has 28 heavy (non-hydrogen) atoms. The van der Waals surface area contributed by atoms with Crippen molar-refractivity contribution in [1.29, 1.82) is 5.26 Å². The maximum atomic E-state index is 11.4. The average molecular weight is 399 g/mol. The second-order valence-electron chi connectivity index (χ2n) is 7.03. The number of amides is 1. The highest BCUT2D eigenvalue weighted by atomic mass is 35.5. The highest BCUT2D eigenvalue weighted by Gasteiger charge is 2.22. The number of aromatic nitrogens is 2. The van der Waals surface area contributed by atoms with Gasteiger partial charge in [0, 0.05) is 22.8 Å². The van der Waals surface area contributed by atoms with Crippen molar-refractivity contribution in [3.8, 4) is 11.8 Å². The van der Waals surface area contributed by atoms with Gasteiger partial charge >= 0.3 is 0 Å². The molecule has 0 unspecified atom stereocenters. The van der Waals surface area contributed by atoms with E-state index in [1.807, 2.05) is 54.2 Å². The zero-order valence-corrected chi connectivity index (χ0v) is 16.5. The monoisotopic (exact) mass is 398 g/mol. The Labute approximate surface area is 169 Å². The summed E-state index contributed by atoms with van der Waals surface area (Å²) in [4.78, 5) is 11.4. The van der Waals surface area contributed by atoms with Gasteiger partial charge in [0.25, 0.3) is 0 Å². The summed E-state index contributed by atoms with van der Waals surface area (Å²) in [7, 11) is 0. The van der Waals surface area contributed by atoms with Gasteiger partial charge < -0.3 is 10.1 Å². The Kier molecular flexibility index (Phi) is 6.72. The Morgan fingerprint density at radius 3 is 3.07 bits per heavy atom. The molecule has 3 rings (SSSR count). The van der Waals surface area contributed by atoms with Gasteiger partial charge in [-0.3, -0.25) is 9.48 Å². The molecule has 1 aromatic heterocycles. The van der Waals surface area contributed by atoms with Crippen LogP contribution in [0.3, 0.4) is 0 Å². The number of rotatable bonds is 9. The predicted molar refractivity (Wildman–Crippen MR) is 108 cm³/mol. The smallest absolute Gasteiger partial charge is 0.234 e. The van der Waals surface area contributed by atoms with Gasteiger partial charge in [0.2, 0.25) is 5.91 Å². The molecule has 146 valence electrons. The SMILES string of the molecule is C[C@@H](C=Cc1cnn(Cc2ccc(OCC3CC3)cc2Cl)c1)NC(=O)CC#N. The van der Waals surface area contributed by atoms with E-state index in [-0.39, 0.29) is 18.4 Å². The molecule has 2 aromatic rings. The van der Waals surface area contributed by atoms with Gasteiger partial charge in [0.05, 0.1) is 25.4 Å². The molecule has 0 radical (unpaired) electrons. The molecule has 0 spiro atoms. The molecular formula is C21H23ClN4O2. The molecule has 1 aliphatic rings. The number of halogens is 1. The number of nitriles is 1. The predicted octanol–water partition coefficient (Wildman–Crippen LogP) is 3.81. The van der Waals surface area contributed by atoms with E-state index in [4.69, 9.17) is 21.6 Å². The van der Waals surface area contributed by atoms with E-state index in [9.17, 15) is 4.79 Å². The lowest BCUT2D eigenvalue weighted by molar-refractivity contribution is -0.120. The molecule has 6 nitrogen and oxygen atoms in total. The summed E-state index contributed by atoms with van der Waals surface area (Å²) < 4.78 is 7.56. The van der Waals surface area contributed by atoms with Crippen LogP contribution in [-0.4, -0.2) is 28.3 Å². The Balaban J connectivity index is 1.54. The summed E-state index contributed by atoms with van der Waals surface area (Å²) in [5, 5.41) is 16.3. The average Bonchev–Trinajstić information content (AvgIpc) is 3.38. The molecule has 1 aromatic carbocycles. The zero-order chi connectivity index (χ0) is 19.9. The largest absolute Gasteiger partial charge is 0.493 e. The van der Waals surface area contributed by atoms with Crippen LogP contribution in [0.15, 0.2) is 36.7 Å². The minimum atomic E-state index is -0.283. The Bertz CT molecular complexity index is 896. The molecule has 0 bridgehead atoms. The number of carbonyl (C=O) groups excluding carboxylic acids is 1. The molecule has 1 atom stereocenters. The lowest BCUT2D eigenvalue weighted by Gasteiger charge is -2.09. The van der Waals surface area contributed by atoms with E-state index in [1.165, 1.54) is 12.8 Å². The standard InChI is InChI=1S/C21H23ClN4O2/c1-15(25-21(27)8-9-23)2-3-17-11-24-26(12-17)13-18-6-7-19(10-20(18)22)28-14-16-4-5-16/h2-3,6-7,10-12,15-16H,4-5,8,13-14H2,1H3,(H,25,27)/t15-/m0/s1. The Hall–Kier alpha value is -2.78. The number of nitrogens with zero attached hydrogens (tertiary/aromatic N) is 3. The normalized spacial score (nSPS) is 14.6. The highest BCUT2D eigenvalue weighted by molar-refractivity contribution is 6.31. The van der Waals surface area contributed by atoms with Crippen LogP contribution in [0.1, 0.15) is 37.3 Å². The third-order valence-corrected chi connectivity index (χ3v) is 4.75. The molecule has 0 aliphatic heterocycles. The van der Waals surface area contributed by atoms with Crippen LogP contribution in [0.4, 0.5) is 0 Å². The topological polar surface area (TPSA) is 79.9 Å². The van der Waals surface area contributed by atoms with E-state index in [1.54, 1.807) is 6.20 Å². The first kappa shape index (κ1) is 20.0.